The lowest BCUT2D eigenvalue weighted by Crippen LogP contribution is -2.45. The van der Waals surface area contributed by atoms with Gasteiger partial charge in [-0.15, -0.1) is 0 Å². The second kappa shape index (κ2) is 10.6. The number of nitrogens with zero attached hydrogens (tertiary/aromatic N) is 3. The zero-order chi connectivity index (χ0) is 25.9. The van der Waals surface area contributed by atoms with Crippen molar-refractivity contribution in [3.8, 4) is 22.3 Å². The number of halogens is 3. The maximum absolute atomic E-state index is 14.1. The summed E-state index contributed by atoms with van der Waals surface area (Å²) in [5, 5.41) is 2.66. The number of nitrogens with one attached hydrogen (secondary N) is 1. The number of carbonyl (C=O) groups excluding carboxylic acids is 1. The highest BCUT2D eigenvalue weighted by Crippen LogP contribution is 2.40. The van der Waals surface area contributed by atoms with E-state index in [0.717, 1.165) is 16.7 Å². The summed E-state index contributed by atoms with van der Waals surface area (Å²) in [5.74, 6) is 0.296. The first-order valence-corrected chi connectivity index (χ1v) is 11.8. The molecular weight excluding hydrogens is 467 g/mol. The smallest absolute Gasteiger partial charge is 0.383 e. The van der Waals surface area contributed by atoms with Crippen LogP contribution in [0.4, 0.5) is 24.7 Å². The fourth-order valence-corrected chi connectivity index (χ4v) is 4.50. The molecular formula is C27H30F3N5O. The monoisotopic (exact) mass is 497 g/mol. The fourth-order valence-electron chi connectivity index (χ4n) is 4.50. The van der Waals surface area contributed by atoms with Gasteiger partial charge in [-0.2, -0.15) is 13.2 Å². The minimum atomic E-state index is -4.49. The second-order valence-corrected chi connectivity index (χ2v) is 9.14. The van der Waals surface area contributed by atoms with Crippen LogP contribution in [-0.2, 0) is 17.4 Å². The highest BCUT2D eigenvalue weighted by Gasteiger charge is 2.35. The Morgan fingerprint density at radius 3 is 2.44 bits per heavy atom. The Balaban J connectivity index is 1.71. The van der Waals surface area contributed by atoms with Gasteiger partial charge in [-0.25, -0.2) is 4.98 Å². The van der Waals surface area contributed by atoms with Crippen molar-refractivity contribution in [1.29, 1.82) is 0 Å². The Hall–Kier alpha value is -3.59. The summed E-state index contributed by atoms with van der Waals surface area (Å²) in [7, 11) is 1.97. The molecule has 0 saturated carbocycles. The molecule has 4 rings (SSSR count). The highest BCUT2D eigenvalue weighted by atomic mass is 19.4. The number of benzene rings is 2. The molecule has 1 aromatic heterocycles. The van der Waals surface area contributed by atoms with Crippen LogP contribution in [0, 0.1) is 6.92 Å². The van der Waals surface area contributed by atoms with E-state index in [4.69, 9.17) is 5.73 Å². The van der Waals surface area contributed by atoms with E-state index in [1.807, 2.05) is 32.2 Å². The number of nitrogens with two attached hydrogens (primary N) is 1. The molecule has 0 aliphatic carbocycles. The summed E-state index contributed by atoms with van der Waals surface area (Å²) in [6.07, 6.45) is -1.67. The van der Waals surface area contributed by atoms with Crippen molar-refractivity contribution < 1.29 is 18.0 Å². The Kier molecular flexibility index (Phi) is 7.49. The van der Waals surface area contributed by atoms with Crippen LogP contribution < -0.4 is 16.0 Å². The van der Waals surface area contributed by atoms with Crippen molar-refractivity contribution in [2.45, 2.75) is 19.5 Å². The summed E-state index contributed by atoms with van der Waals surface area (Å²) in [6, 6.07) is 12.1. The van der Waals surface area contributed by atoms with Crippen LogP contribution in [-0.4, -0.2) is 56.1 Å². The quantitative estimate of drug-likeness (QED) is 0.375. The van der Waals surface area contributed by atoms with Crippen molar-refractivity contribution in [2.75, 3.05) is 50.4 Å². The Morgan fingerprint density at radius 1 is 1.03 bits per heavy atom. The number of piperazine rings is 1. The van der Waals surface area contributed by atoms with Crippen molar-refractivity contribution in [3.05, 3.63) is 65.4 Å². The number of nitrogen functional groups attached to an aromatic ring is 1. The Morgan fingerprint density at radius 2 is 1.75 bits per heavy atom. The fraction of sp³-hybridized carbons (Fsp3) is 0.333. The second-order valence-electron chi connectivity index (χ2n) is 9.14. The molecule has 2 heterocycles. The van der Waals surface area contributed by atoms with E-state index < -0.39 is 11.7 Å². The molecule has 1 aliphatic heterocycles. The Bertz CT molecular complexity index is 1240. The van der Waals surface area contributed by atoms with Gasteiger partial charge in [0.2, 0.25) is 6.41 Å². The summed E-state index contributed by atoms with van der Waals surface area (Å²) in [4.78, 5) is 18.8. The maximum Gasteiger partial charge on any atom is 0.418 e. The maximum atomic E-state index is 14.1. The number of alkyl halides is 3. The van der Waals surface area contributed by atoms with E-state index >= 15 is 0 Å². The number of amides is 1. The average molecular weight is 498 g/mol. The number of hydrogen-bond acceptors (Lipinski definition) is 5. The van der Waals surface area contributed by atoms with Gasteiger partial charge >= 0.3 is 6.18 Å². The number of pyridine rings is 1. The third-order valence-corrected chi connectivity index (χ3v) is 6.68. The first kappa shape index (κ1) is 25.5. The number of rotatable bonds is 7. The molecule has 36 heavy (non-hydrogen) atoms. The zero-order valence-electron chi connectivity index (χ0n) is 20.4. The van der Waals surface area contributed by atoms with Crippen molar-refractivity contribution in [1.82, 2.24) is 15.2 Å². The molecule has 3 aromatic rings. The molecule has 1 fully saturated rings. The SMILES string of the molecule is Cc1ccc(-c2cc(-c3ccc(N4CCN(C)CC4)c(C(F)(F)F)c3)cnc2N)cc1CCNC=O. The molecule has 0 bridgehead atoms. The molecule has 0 spiro atoms. The largest absolute Gasteiger partial charge is 0.418 e. The van der Waals surface area contributed by atoms with E-state index in [1.54, 1.807) is 23.1 Å². The van der Waals surface area contributed by atoms with Crippen LogP contribution >= 0.6 is 0 Å². The predicted molar refractivity (Wildman–Crippen MR) is 137 cm³/mol. The molecule has 1 amide bonds. The van der Waals surface area contributed by atoms with Crippen molar-refractivity contribution in [3.63, 3.8) is 0 Å². The van der Waals surface area contributed by atoms with Crippen LogP contribution in [0.15, 0.2) is 48.7 Å². The number of likely N-dealkylation sites (N-methyl/N-ethyl adjacent to an activating group) is 1. The molecule has 0 unspecified atom stereocenters. The number of aryl methyl sites for hydroxylation is 1. The van der Waals surface area contributed by atoms with Gasteiger partial charge in [-0.3, -0.25) is 4.79 Å². The number of carbonyl (C=O) groups is 1. The minimum absolute atomic E-state index is 0.204. The average Bonchev–Trinajstić information content (AvgIpc) is 2.85. The first-order chi connectivity index (χ1) is 17.2. The predicted octanol–water partition coefficient (Wildman–Crippen LogP) is 4.37. The molecule has 6 nitrogen and oxygen atoms in total. The van der Waals surface area contributed by atoms with Gasteiger partial charge in [0.05, 0.1) is 5.56 Å². The molecule has 3 N–H and O–H groups in total. The summed E-state index contributed by atoms with van der Waals surface area (Å²) >= 11 is 0. The van der Waals surface area contributed by atoms with E-state index in [0.29, 0.717) is 68.1 Å². The third-order valence-electron chi connectivity index (χ3n) is 6.68. The van der Waals surface area contributed by atoms with Gasteiger partial charge < -0.3 is 20.9 Å². The van der Waals surface area contributed by atoms with E-state index in [2.05, 4.69) is 15.2 Å². The summed E-state index contributed by atoms with van der Waals surface area (Å²) in [6.45, 7) is 5.01. The van der Waals surface area contributed by atoms with Gasteiger partial charge in [0.15, 0.2) is 0 Å². The standard InChI is InChI=1S/C27H30F3N5O/c1-18-3-4-21(13-19(18)7-8-32-17-36)23-14-22(16-33-26(23)31)20-5-6-25(24(15-20)27(28,29)30)35-11-9-34(2)10-12-35/h3-6,13-17H,7-12H2,1-2H3,(H2,31,33)(H,32,36). The number of hydrogen-bond donors (Lipinski definition) is 2. The third kappa shape index (κ3) is 5.62. The van der Waals surface area contributed by atoms with Crippen LogP contribution in [0.25, 0.3) is 22.3 Å². The lowest BCUT2D eigenvalue weighted by Gasteiger charge is -2.35. The molecule has 9 heteroatoms. The number of anilines is 2. The molecule has 0 atom stereocenters. The lowest BCUT2D eigenvalue weighted by molar-refractivity contribution is -0.137. The van der Waals surface area contributed by atoms with E-state index in [9.17, 15) is 18.0 Å². The van der Waals surface area contributed by atoms with Gasteiger partial charge in [-0.1, -0.05) is 24.3 Å². The molecule has 190 valence electrons. The Labute approximate surface area is 208 Å². The van der Waals surface area contributed by atoms with Crippen LogP contribution in [0.3, 0.4) is 0 Å². The number of aromatic nitrogens is 1. The van der Waals surface area contributed by atoms with Gasteiger partial charge in [-0.05, 0) is 60.8 Å². The zero-order valence-corrected chi connectivity index (χ0v) is 20.4. The van der Waals surface area contributed by atoms with Gasteiger partial charge in [0.1, 0.15) is 5.82 Å². The summed E-state index contributed by atoms with van der Waals surface area (Å²) in [5.41, 5.74) is 10.3. The van der Waals surface area contributed by atoms with Crippen LogP contribution in [0.1, 0.15) is 16.7 Å². The summed E-state index contributed by atoms with van der Waals surface area (Å²) < 4.78 is 42.3. The van der Waals surface area contributed by atoms with Gasteiger partial charge in [0, 0.05) is 55.7 Å². The molecule has 0 radical (unpaired) electrons. The van der Waals surface area contributed by atoms with Crippen LogP contribution in [0.5, 0.6) is 0 Å². The topological polar surface area (TPSA) is 74.5 Å². The van der Waals surface area contributed by atoms with Crippen LogP contribution in [0.2, 0.25) is 0 Å². The van der Waals surface area contributed by atoms with E-state index in [1.165, 1.54) is 12.3 Å². The molecule has 1 aliphatic rings. The van der Waals surface area contributed by atoms with Gasteiger partial charge in [0.25, 0.3) is 0 Å². The molecule has 2 aromatic carbocycles. The lowest BCUT2D eigenvalue weighted by atomic mass is 9.95. The van der Waals surface area contributed by atoms with Crippen molar-refractivity contribution >= 4 is 17.9 Å². The normalized spacial score (nSPS) is 14.6. The molecule has 1 saturated heterocycles. The highest BCUT2D eigenvalue weighted by molar-refractivity contribution is 5.80. The van der Waals surface area contributed by atoms with E-state index in [-0.39, 0.29) is 5.69 Å². The van der Waals surface area contributed by atoms with Crippen molar-refractivity contribution in [2.24, 2.45) is 0 Å². The first-order valence-electron chi connectivity index (χ1n) is 11.8. The minimum Gasteiger partial charge on any atom is -0.383 e.